The van der Waals surface area contributed by atoms with E-state index in [0.717, 1.165) is 5.57 Å². The lowest BCUT2D eigenvalue weighted by molar-refractivity contribution is -0.163. The van der Waals surface area contributed by atoms with Gasteiger partial charge in [-0.25, -0.2) is 9.18 Å². The highest BCUT2D eigenvalue weighted by Gasteiger charge is 2.42. The second kappa shape index (κ2) is 12.7. The average molecular weight is 491 g/mol. The fourth-order valence-corrected chi connectivity index (χ4v) is 5.19. The van der Waals surface area contributed by atoms with Gasteiger partial charge in [-0.15, -0.1) is 0 Å². The van der Waals surface area contributed by atoms with Crippen LogP contribution < -0.4 is 4.74 Å². The van der Waals surface area contributed by atoms with Gasteiger partial charge in [0.2, 0.25) is 0 Å². The van der Waals surface area contributed by atoms with Crippen molar-refractivity contribution in [2.45, 2.75) is 89.8 Å². The molecule has 0 fully saturated rings. The van der Waals surface area contributed by atoms with Crippen LogP contribution in [0.4, 0.5) is 4.39 Å². The normalized spacial score (nSPS) is 28.4. The van der Waals surface area contributed by atoms with Gasteiger partial charge < -0.3 is 24.8 Å². The number of para-hydroxylation sites is 1. The van der Waals surface area contributed by atoms with Crippen molar-refractivity contribution in [3.05, 3.63) is 53.9 Å². The molecule has 0 saturated heterocycles. The van der Waals surface area contributed by atoms with E-state index >= 15 is 0 Å². The average Bonchev–Trinajstić information content (AvgIpc) is 2.82. The van der Waals surface area contributed by atoms with Crippen LogP contribution in [0.15, 0.2) is 48.1 Å². The van der Waals surface area contributed by atoms with Crippen LogP contribution in [0.25, 0.3) is 0 Å². The van der Waals surface area contributed by atoms with Crippen molar-refractivity contribution in [2.24, 2.45) is 17.8 Å². The van der Waals surface area contributed by atoms with Crippen LogP contribution in [-0.4, -0.2) is 51.8 Å². The summed E-state index contributed by atoms with van der Waals surface area (Å²) >= 11 is 0. The fourth-order valence-electron chi connectivity index (χ4n) is 5.19. The van der Waals surface area contributed by atoms with E-state index in [-0.39, 0.29) is 29.9 Å². The lowest BCUT2D eigenvalue weighted by atomic mass is 9.66. The molecule has 0 radical (unpaired) electrons. The van der Waals surface area contributed by atoms with Gasteiger partial charge in [0.25, 0.3) is 0 Å². The number of fused-ring (bicyclic) bond motifs is 1. The molecule has 0 heterocycles. The molecule has 0 bridgehead atoms. The third kappa shape index (κ3) is 7.15. The summed E-state index contributed by atoms with van der Waals surface area (Å²) in [5.41, 5.74) is 0.927. The molecule has 2 aliphatic rings. The number of esters is 1. The summed E-state index contributed by atoms with van der Waals surface area (Å²) in [6.07, 6.45) is 5.22. The molecular weight excluding hydrogens is 451 g/mol. The van der Waals surface area contributed by atoms with E-state index in [0.29, 0.717) is 32.1 Å². The Morgan fingerprint density at radius 1 is 1.17 bits per heavy atom. The van der Waals surface area contributed by atoms with Gasteiger partial charge in [-0.1, -0.05) is 51.1 Å². The molecule has 8 atom stereocenters. The van der Waals surface area contributed by atoms with Gasteiger partial charge in [0.1, 0.15) is 6.10 Å². The molecule has 0 amide bonds. The van der Waals surface area contributed by atoms with E-state index in [4.69, 9.17) is 9.47 Å². The third-order valence-corrected chi connectivity index (χ3v) is 7.23. The van der Waals surface area contributed by atoms with Crippen molar-refractivity contribution in [1.82, 2.24) is 0 Å². The number of allylic oxidation sites excluding steroid dienone is 2. The Morgan fingerprint density at radius 2 is 1.91 bits per heavy atom. The molecule has 7 heteroatoms. The number of rotatable bonds is 11. The van der Waals surface area contributed by atoms with Crippen LogP contribution in [0.2, 0.25) is 0 Å². The van der Waals surface area contributed by atoms with E-state index in [9.17, 15) is 24.5 Å². The molecule has 8 unspecified atom stereocenters. The Balaban J connectivity index is 1.73. The molecule has 0 saturated carbocycles. The van der Waals surface area contributed by atoms with Crippen LogP contribution in [0.3, 0.4) is 0 Å². The molecule has 194 valence electrons. The van der Waals surface area contributed by atoms with E-state index in [1.807, 2.05) is 19.1 Å². The molecule has 0 aliphatic heterocycles. The number of carbonyl (C=O) groups is 1. The molecule has 2 aliphatic carbocycles. The summed E-state index contributed by atoms with van der Waals surface area (Å²) in [6, 6.07) is 5.94. The monoisotopic (exact) mass is 490 g/mol. The second-order valence-electron chi connectivity index (χ2n) is 9.83. The Hall–Kier alpha value is -2.22. The zero-order valence-corrected chi connectivity index (χ0v) is 20.8. The first-order chi connectivity index (χ1) is 16.7. The van der Waals surface area contributed by atoms with Crippen LogP contribution in [0.1, 0.15) is 59.3 Å². The Bertz CT molecular complexity index is 899. The molecule has 0 spiro atoms. The van der Waals surface area contributed by atoms with E-state index in [1.165, 1.54) is 12.1 Å². The van der Waals surface area contributed by atoms with Gasteiger partial charge in [-0.05, 0) is 61.6 Å². The Labute approximate surface area is 207 Å². The molecule has 1 aromatic carbocycles. The van der Waals surface area contributed by atoms with Crippen LogP contribution in [0.5, 0.6) is 5.75 Å². The maximum Gasteiger partial charge on any atom is 0.347 e. The second-order valence-corrected chi connectivity index (χ2v) is 9.83. The number of carbonyl (C=O) groups excluding carboxylic acids is 1. The number of ether oxygens (including phenoxy) is 2. The van der Waals surface area contributed by atoms with Crippen molar-refractivity contribution >= 4 is 5.97 Å². The first kappa shape index (κ1) is 27.4. The van der Waals surface area contributed by atoms with Gasteiger partial charge in [0.05, 0.1) is 18.3 Å². The number of aliphatic hydroxyl groups excluding tert-OH is 3. The maximum atomic E-state index is 14.1. The maximum absolute atomic E-state index is 14.1. The van der Waals surface area contributed by atoms with Crippen molar-refractivity contribution < 1.29 is 34.0 Å². The lowest BCUT2D eigenvalue weighted by Gasteiger charge is -2.43. The number of aliphatic hydroxyl groups is 3. The first-order valence-electron chi connectivity index (χ1n) is 12.8. The van der Waals surface area contributed by atoms with Crippen molar-refractivity contribution in [3.8, 4) is 5.75 Å². The number of halogens is 1. The summed E-state index contributed by atoms with van der Waals surface area (Å²) in [5.74, 6) is -0.977. The van der Waals surface area contributed by atoms with Crippen LogP contribution >= 0.6 is 0 Å². The quantitative estimate of drug-likeness (QED) is 0.400. The first-order valence-corrected chi connectivity index (χ1v) is 12.8. The minimum atomic E-state index is -0.967. The number of hydrogen-bond donors (Lipinski definition) is 3. The summed E-state index contributed by atoms with van der Waals surface area (Å²) in [6.45, 7) is 5.76. The summed E-state index contributed by atoms with van der Waals surface area (Å²) in [5, 5.41) is 30.7. The minimum absolute atomic E-state index is 0.00378. The zero-order chi connectivity index (χ0) is 25.5. The zero-order valence-electron chi connectivity index (χ0n) is 20.8. The topological polar surface area (TPSA) is 96.2 Å². The fraction of sp³-hybridized carbons (Fsp3) is 0.607. The van der Waals surface area contributed by atoms with Crippen LogP contribution in [-0.2, 0) is 9.53 Å². The molecule has 3 N–H and O–H groups in total. The summed E-state index contributed by atoms with van der Waals surface area (Å²) < 4.78 is 25.6. The number of hydrogen-bond acceptors (Lipinski definition) is 6. The van der Waals surface area contributed by atoms with Crippen molar-refractivity contribution in [2.75, 3.05) is 0 Å². The van der Waals surface area contributed by atoms with Gasteiger partial charge in [-0.2, -0.15) is 0 Å². The standard InChI is InChI=1S/C28H39FO6/c1-4-19(30)15-20(31)12-13-22-17(3)10-11-18-14-21(32)16-26(27(18)22)35-28(33)24(5-2)34-25-9-7-6-8-23(25)29/h6-11,14,17,19-22,24,26-27,30-32H,4-5,12-13,15-16H2,1-3H3. The van der Waals surface area contributed by atoms with Crippen molar-refractivity contribution in [1.29, 1.82) is 0 Å². The number of benzene rings is 1. The van der Waals surface area contributed by atoms with E-state index in [1.54, 1.807) is 19.1 Å². The lowest BCUT2D eigenvalue weighted by Crippen LogP contribution is -2.44. The predicted octanol–water partition coefficient (Wildman–Crippen LogP) is 4.33. The molecule has 3 rings (SSSR count). The van der Waals surface area contributed by atoms with Gasteiger partial charge in [0.15, 0.2) is 17.7 Å². The van der Waals surface area contributed by atoms with E-state index < -0.39 is 42.3 Å². The smallest absolute Gasteiger partial charge is 0.347 e. The minimum Gasteiger partial charge on any atom is -0.476 e. The molecule has 0 aromatic heterocycles. The summed E-state index contributed by atoms with van der Waals surface area (Å²) in [4.78, 5) is 13.1. The third-order valence-electron chi connectivity index (χ3n) is 7.23. The van der Waals surface area contributed by atoms with Gasteiger partial charge >= 0.3 is 5.97 Å². The summed E-state index contributed by atoms with van der Waals surface area (Å²) in [7, 11) is 0. The van der Waals surface area contributed by atoms with Crippen molar-refractivity contribution in [3.63, 3.8) is 0 Å². The Kier molecular flexibility index (Phi) is 9.89. The molecule has 6 nitrogen and oxygen atoms in total. The largest absolute Gasteiger partial charge is 0.476 e. The highest BCUT2D eigenvalue weighted by molar-refractivity contribution is 5.75. The highest BCUT2D eigenvalue weighted by Crippen LogP contribution is 2.44. The van der Waals surface area contributed by atoms with Crippen LogP contribution in [0, 0.1) is 23.6 Å². The Morgan fingerprint density at radius 3 is 2.60 bits per heavy atom. The molecule has 1 aromatic rings. The SMILES string of the molecule is CCC(O)CC(O)CCC1C(C)C=CC2=CC(O)CC(OC(=O)C(CC)Oc3ccccc3F)C21. The van der Waals surface area contributed by atoms with E-state index in [2.05, 4.69) is 13.0 Å². The predicted molar refractivity (Wildman–Crippen MR) is 131 cm³/mol. The van der Waals surface area contributed by atoms with Gasteiger partial charge in [-0.3, -0.25) is 0 Å². The highest BCUT2D eigenvalue weighted by atomic mass is 19.1. The molecular formula is C28H39FO6. The van der Waals surface area contributed by atoms with Gasteiger partial charge in [0, 0.05) is 12.3 Å². The molecule has 35 heavy (non-hydrogen) atoms.